The lowest BCUT2D eigenvalue weighted by Crippen LogP contribution is -2.35. The lowest BCUT2D eigenvalue weighted by Gasteiger charge is -2.22. The van der Waals surface area contributed by atoms with E-state index in [2.05, 4.69) is 4.90 Å². The van der Waals surface area contributed by atoms with Crippen LogP contribution < -0.4 is 9.47 Å². The molecule has 106 valence electrons. The van der Waals surface area contributed by atoms with E-state index in [1.807, 2.05) is 25.1 Å². The van der Waals surface area contributed by atoms with E-state index in [-0.39, 0.29) is 6.61 Å². The van der Waals surface area contributed by atoms with Crippen molar-refractivity contribution in [2.75, 3.05) is 33.4 Å². The van der Waals surface area contributed by atoms with Crippen molar-refractivity contribution in [1.29, 1.82) is 0 Å². The van der Waals surface area contributed by atoms with Crippen LogP contribution in [0.2, 0.25) is 0 Å². The number of likely N-dealkylation sites (tertiary alicyclic amines) is 1. The maximum Gasteiger partial charge on any atom is 0.161 e. The van der Waals surface area contributed by atoms with Crippen molar-refractivity contribution < 1.29 is 14.6 Å². The van der Waals surface area contributed by atoms with E-state index in [0.29, 0.717) is 12.6 Å². The quantitative estimate of drug-likeness (QED) is 0.852. The maximum absolute atomic E-state index is 9.26. The van der Waals surface area contributed by atoms with Gasteiger partial charge in [0.15, 0.2) is 11.5 Å². The van der Waals surface area contributed by atoms with Gasteiger partial charge in [0.1, 0.15) is 6.61 Å². The van der Waals surface area contributed by atoms with Crippen molar-refractivity contribution in [2.24, 2.45) is 0 Å². The summed E-state index contributed by atoms with van der Waals surface area (Å²) < 4.78 is 11.1. The molecule has 1 aliphatic rings. The van der Waals surface area contributed by atoms with Gasteiger partial charge in [-0.25, -0.2) is 0 Å². The van der Waals surface area contributed by atoms with Gasteiger partial charge in [0.05, 0.1) is 13.7 Å². The fourth-order valence-corrected chi connectivity index (χ4v) is 2.56. The van der Waals surface area contributed by atoms with Gasteiger partial charge in [-0.2, -0.15) is 0 Å². The summed E-state index contributed by atoms with van der Waals surface area (Å²) in [6.07, 6.45) is 2.25. The third-order valence-electron chi connectivity index (χ3n) is 3.67. The summed E-state index contributed by atoms with van der Waals surface area (Å²) in [5.74, 6) is 1.56. The molecule has 1 aromatic carbocycles. The van der Waals surface area contributed by atoms with Gasteiger partial charge in [0.2, 0.25) is 0 Å². The number of aryl methyl sites for hydroxylation is 1. The van der Waals surface area contributed by atoms with Crippen molar-refractivity contribution in [3.05, 3.63) is 23.8 Å². The van der Waals surface area contributed by atoms with E-state index in [1.54, 1.807) is 7.11 Å². The third-order valence-corrected chi connectivity index (χ3v) is 3.67. The number of hydrogen-bond acceptors (Lipinski definition) is 4. The number of aliphatic hydroxyl groups excluding tert-OH is 1. The smallest absolute Gasteiger partial charge is 0.161 e. The highest BCUT2D eigenvalue weighted by atomic mass is 16.5. The molecule has 1 aromatic rings. The molecule has 0 aliphatic carbocycles. The molecule has 0 saturated carbocycles. The van der Waals surface area contributed by atoms with E-state index in [4.69, 9.17) is 9.47 Å². The van der Waals surface area contributed by atoms with Crippen molar-refractivity contribution in [3.63, 3.8) is 0 Å². The summed E-state index contributed by atoms with van der Waals surface area (Å²) in [6, 6.07) is 6.25. The van der Waals surface area contributed by atoms with Crippen molar-refractivity contribution >= 4 is 0 Å². The maximum atomic E-state index is 9.26. The van der Waals surface area contributed by atoms with E-state index in [0.717, 1.165) is 36.6 Å². The van der Waals surface area contributed by atoms with Gasteiger partial charge in [-0.3, -0.25) is 4.90 Å². The molecule has 4 nitrogen and oxygen atoms in total. The number of benzene rings is 1. The zero-order valence-electron chi connectivity index (χ0n) is 11.8. The standard InChI is InChI=1S/C15H23NO3/c1-12-5-6-14(15(10-12)18-2)19-9-8-16-7-3-4-13(16)11-17/h5-6,10,13,17H,3-4,7-9,11H2,1-2H3. The molecule has 19 heavy (non-hydrogen) atoms. The number of nitrogens with zero attached hydrogens (tertiary/aromatic N) is 1. The predicted molar refractivity (Wildman–Crippen MR) is 74.9 cm³/mol. The lowest BCUT2D eigenvalue weighted by molar-refractivity contribution is 0.138. The Balaban J connectivity index is 1.85. The van der Waals surface area contributed by atoms with Crippen LogP contribution in [0.3, 0.4) is 0 Å². The van der Waals surface area contributed by atoms with Gasteiger partial charge in [-0.1, -0.05) is 6.07 Å². The topological polar surface area (TPSA) is 41.9 Å². The van der Waals surface area contributed by atoms with E-state index in [1.165, 1.54) is 6.42 Å². The Morgan fingerprint density at radius 1 is 1.37 bits per heavy atom. The molecule has 1 unspecified atom stereocenters. The minimum atomic E-state index is 0.244. The van der Waals surface area contributed by atoms with E-state index >= 15 is 0 Å². The van der Waals surface area contributed by atoms with E-state index < -0.39 is 0 Å². The van der Waals surface area contributed by atoms with Crippen LogP contribution in [-0.4, -0.2) is 49.5 Å². The number of aliphatic hydroxyl groups is 1. The average molecular weight is 265 g/mol. The van der Waals surface area contributed by atoms with Crippen LogP contribution in [0, 0.1) is 6.92 Å². The van der Waals surface area contributed by atoms with Crippen LogP contribution in [0.1, 0.15) is 18.4 Å². The second-order valence-electron chi connectivity index (χ2n) is 5.02. The fraction of sp³-hybridized carbons (Fsp3) is 0.600. The highest BCUT2D eigenvalue weighted by Crippen LogP contribution is 2.27. The number of rotatable bonds is 6. The van der Waals surface area contributed by atoms with Crippen LogP contribution in [0.4, 0.5) is 0 Å². The summed E-state index contributed by atoms with van der Waals surface area (Å²) >= 11 is 0. The first kappa shape index (κ1) is 14.2. The van der Waals surface area contributed by atoms with Gasteiger partial charge >= 0.3 is 0 Å². The van der Waals surface area contributed by atoms with Crippen LogP contribution in [0.25, 0.3) is 0 Å². The van der Waals surface area contributed by atoms with Crippen LogP contribution >= 0.6 is 0 Å². The third kappa shape index (κ3) is 3.61. The number of hydrogen-bond donors (Lipinski definition) is 1. The van der Waals surface area contributed by atoms with Gasteiger partial charge in [-0.05, 0) is 44.0 Å². The second kappa shape index (κ2) is 6.78. The Bertz CT molecular complexity index is 408. The summed E-state index contributed by atoms with van der Waals surface area (Å²) in [7, 11) is 1.66. The molecule has 1 heterocycles. The van der Waals surface area contributed by atoms with Gasteiger partial charge in [0, 0.05) is 12.6 Å². The molecule has 1 atom stereocenters. The molecule has 0 radical (unpaired) electrons. The summed E-state index contributed by atoms with van der Waals surface area (Å²) in [6.45, 7) is 4.80. The predicted octanol–water partition coefficient (Wildman–Crippen LogP) is 1.84. The summed E-state index contributed by atoms with van der Waals surface area (Å²) in [5, 5.41) is 9.26. The molecular formula is C15H23NO3. The minimum absolute atomic E-state index is 0.244. The average Bonchev–Trinajstić information content (AvgIpc) is 2.87. The highest BCUT2D eigenvalue weighted by molar-refractivity contribution is 5.42. The van der Waals surface area contributed by atoms with Gasteiger partial charge < -0.3 is 14.6 Å². The molecule has 1 fully saturated rings. The van der Waals surface area contributed by atoms with Crippen LogP contribution in [-0.2, 0) is 0 Å². The Morgan fingerprint density at radius 3 is 2.95 bits per heavy atom. The van der Waals surface area contributed by atoms with Crippen molar-refractivity contribution in [3.8, 4) is 11.5 Å². The first-order valence-electron chi connectivity index (χ1n) is 6.87. The first-order valence-corrected chi connectivity index (χ1v) is 6.87. The molecule has 0 aromatic heterocycles. The SMILES string of the molecule is COc1cc(C)ccc1OCCN1CCCC1CO. The highest BCUT2D eigenvalue weighted by Gasteiger charge is 2.23. The van der Waals surface area contributed by atoms with Crippen LogP contribution in [0.5, 0.6) is 11.5 Å². The van der Waals surface area contributed by atoms with E-state index in [9.17, 15) is 5.11 Å². The van der Waals surface area contributed by atoms with Crippen LogP contribution in [0.15, 0.2) is 18.2 Å². The molecule has 1 N–H and O–H groups in total. The fourth-order valence-electron chi connectivity index (χ4n) is 2.56. The van der Waals surface area contributed by atoms with Crippen molar-refractivity contribution in [2.45, 2.75) is 25.8 Å². The molecular weight excluding hydrogens is 242 g/mol. The van der Waals surface area contributed by atoms with Gasteiger partial charge in [-0.15, -0.1) is 0 Å². The Hall–Kier alpha value is -1.26. The minimum Gasteiger partial charge on any atom is -0.493 e. The zero-order valence-corrected chi connectivity index (χ0v) is 11.8. The Labute approximate surface area is 114 Å². The second-order valence-corrected chi connectivity index (χ2v) is 5.02. The molecule has 0 spiro atoms. The molecule has 4 heteroatoms. The summed E-state index contributed by atoms with van der Waals surface area (Å²) in [5.41, 5.74) is 1.16. The molecule has 0 bridgehead atoms. The monoisotopic (exact) mass is 265 g/mol. The molecule has 1 saturated heterocycles. The van der Waals surface area contributed by atoms with Crippen molar-refractivity contribution in [1.82, 2.24) is 4.90 Å². The van der Waals surface area contributed by atoms with Gasteiger partial charge in [0.25, 0.3) is 0 Å². The molecule has 0 amide bonds. The number of ether oxygens (including phenoxy) is 2. The normalized spacial score (nSPS) is 19.6. The Morgan fingerprint density at radius 2 is 2.21 bits per heavy atom. The first-order chi connectivity index (χ1) is 9.24. The number of methoxy groups -OCH3 is 1. The Kier molecular flexibility index (Phi) is 5.05. The summed E-state index contributed by atoms with van der Waals surface area (Å²) in [4.78, 5) is 2.29. The largest absolute Gasteiger partial charge is 0.493 e. The molecule has 1 aliphatic heterocycles. The molecule has 2 rings (SSSR count). The zero-order chi connectivity index (χ0) is 13.7. The lowest BCUT2D eigenvalue weighted by atomic mass is 10.2.